The first-order valence-corrected chi connectivity index (χ1v) is 8.19. The molecular weight excluding hydrogens is 324 g/mol. The first kappa shape index (κ1) is 16.4. The smallest absolute Gasteiger partial charge is 0.272 e. The van der Waals surface area contributed by atoms with Crippen LogP contribution in [0.1, 0.15) is 28.5 Å². The normalized spacial score (nSPS) is 11.0. The van der Waals surface area contributed by atoms with Gasteiger partial charge in [-0.1, -0.05) is 17.7 Å². The van der Waals surface area contributed by atoms with Crippen LogP contribution >= 0.6 is 11.6 Å². The highest BCUT2D eigenvalue weighted by Crippen LogP contribution is 2.30. The van der Waals surface area contributed by atoms with Crippen molar-refractivity contribution in [1.29, 1.82) is 0 Å². The number of hydrogen-bond acceptors (Lipinski definition) is 2. The van der Waals surface area contributed by atoms with Gasteiger partial charge >= 0.3 is 0 Å². The van der Waals surface area contributed by atoms with E-state index in [0.717, 1.165) is 22.0 Å². The van der Waals surface area contributed by atoms with Gasteiger partial charge in [-0.3, -0.25) is 4.79 Å². The van der Waals surface area contributed by atoms with Crippen molar-refractivity contribution in [1.82, 2.24) is 4.57 Å². The number of nitrogens with one attached hydrogen (secondary N) is 1. The molecule has 0 fully saturated rings. The number of carbonyl (C=O) groups excluding carboxylic acids is 1. The molecule has 5 heteroatoms. The van der Waals surface area contributed by atoms with E-state index in [1.54, 1.807) is 18.2 Å². The molecule has 3 aromatic rings. The van der Waals surface area contributed by atoms with Crippen molar-refractivity contribution in [3.05, 3.63) is 58.2 Å². The molecule has 124 valence electrons. The van der Waals surface area contributed by atoms with Crippen LogP contribution in [0.15, 0.2) is 36.4 Å². The Morgan fingerprint density at radius 1 is 1.21 bits per heavy atom. The van der Waals surface area contributed by atoms with Crippen molar-refractivity contribution in [3.63, 3.8) is 0 Å². The molecule has 4 nitrogen and oxygen atoms in total. The van der Waals surface area contributed by atoms with Gasteiger partial charge in [-0.15, -0.1) is 0 Å². The number of nitrogens with zero attached hydrogens (tertiary/aromatic N) is 1. The molecule has 1 amide bonds. The predicted molar refractivity (Wildman–Crippen MR) is 98.2 cm³/mol. The molecule has 0 aliphatic heterocycles. The lowest BCUT2D eigenvalue weighted by atomic mass is 10.1. The van der Waals surface area contributed by atoms with E-state index in [0.29, 0.717) is 22.9 Å². The van der Waals surface area contributed by atoms with E-state index in [2.05, 4.69) is 5.32 Å². The highest BCUT2D eigenvalue weighted by molar-refractivity contribution is 6.31. The number of benzene rings is 2. The van der Waals surface area contributed by atoms with Gasteiger partial charge in [0, 0.05) is 22.5 Å². The average molecular weight is 343 g/mol. The summed E-state index contributed by atoms with van der Waals surface area (Å²) in [4.78, 5) is 12.9. The number of rotatable bonds is 3. The number of aromatic hydroxyl groups is 1. The van der Waals surface area contributed by atoms with Gasteiger partial charge in [-0.25, -0.2) is 0 Å². The molecule has 0 atom stereocenters. The van der Waals surface area contributed by atoms with Crippen LogP contribution in [0.25, 0.3) is 10.9 Å². The summed E-state index contributed by atoms with van der Waals surface area (Å²) in [5, 5.41) is 14.4. The highest BCUT2D eigenvalue weighted by atomic mass is 35.5. The zero-order chi connectivity index (χ0) is 17.4. The van der Waals surface area contributed by atoms with E-state index in [1.165, 1.54) is 0 Å². The Morgan fingerprint density at radius 2 is 1.96 bits per heavy atom. The number of hydrogen-bond donors (Lipinski definition) is 2. The van der Waals surface area contributed by atoms with Gasteiger partial charge in [0.05, 0.1) is 5.69 Å². The van der Waals surface area contributed by atoms with Gasteiger partial charge in [0.25, 0.3) is 5.91 Å². The van der Waals surface area contributed by atoms with E-state index in [1.807, 2.05) is 43.5 Å². The molecule has 3 rings (SSSR count). The topological polar surface area (TPSA) is 54.3 Å². The van der Waals surface area contributed by atoms with Gasteiger partial charge in [0.15, 0.2) is 0 Å². The van der Waals surface area contributed by atoms with Gasteiger partial charge in [-0.2, -0.15) is 0 Å². The number of amides is 1. The lowest BCUT2D eigenvalue weighted by Gasteiger charge is -2.11. The molecule has 0 aliphatic rings. The Kier molecular flexibility index (Phi) is 4.24. The second-order valence-corrected chi connectivity index (χ2v) is 6.29. The Bertz CT molecular complexity index is 944. The summed E-state index contributed by atoms with van der Waals surface area (Å²) in [5.74, 6) is -0.198. The third kappa shape index (κ3) is 2.74. The summed E-state index contributed by atoms with van der Waals surface area (Å²) in [6, 6.07) is 10.7. The van der Waals surface area contributed by atoms with Crippen LogP contribution in [0.5, 0.6) is 5.75 Å². The number of aryl methyl sites for hydroxylation is 3. The number of aromatic nitrogens is 1. The van der Waals surface area contributed by atoms with E-state index in [9.17, 15) is 9.90 Å². The van der Waals surface area contributed by atoms with Crippen LogP contribution in [0.4, 0.5) is 5.69 Å². The summed E-state index contributed by atoms with van der Waals surface area (Å²) in [6.45, 7) is 6.48. The molecule has 2 N–H and O–H groups in total. The zero-order valence-electron chi connectivity index (χ0n) is 13.9. The van der Waals surface area contributed by atoms with Crippen molar-refractivity contribution in [2.75, 3.05) is 5.32 Å². The minimum atomic E-state index is -0.248. The maximum absolute atomic E-state index is 12.9. The molecule has 0 saturated carbocycles. The van der Waals surface area contributed by atoms with Crippen LogP contribution < -0.4 is 5.32 Å². The van der Waals surface area contributed by atoms with Crippen molar-refractivity contribution in [2.24, 2.45) is 0 Å². The first-order valence-electron chi connectivity index (χ1n) is 7.81. The first-order chi connectivity index (χ1) is 11.4. The molecule has 0 aliphatic carbocycles. The van der Waals surface area contributed by atoms with Gasteiger partial charge in [0.2, 0.25) is 0 Å². The summed E-state index contributed by atoms with van der Waals surface area (Å²) >= 11 is 6.10. The maximum Gasteiger partial charge on any atom is 0.272 e. The lowest BCUT2D eigenvalue weighted by Crippen LogP contribution is -2.18. The van der Waals surface area contributed by atoms with E-state index < -0.39 is 0 Å². The number of phenols is 1. The molecule has 0 spiro atoms. The minimum Gasteiger partial charge on any atom is -0.506 e. The van der Waals surface area contributed by atoms with Crippen LogP contribution in [0, 0.1) is 13.8 Å². The maximum atomic E-state index is 12.9. The Morgan fingerprint density at radius 3 is 2.67 bits per heavy atom. The van der Waals surface area contributed by atoms with Crippen molar-refractivity contribution < 1.29 is 9.90 Å². The van der Waals surface area contributed by atoms with Crippen molar-refractivity contribution in [3.8, 4) is 5.75 Å². The number of anilines is 1. The largest absolute Gasteiger partial charge is 0.506 e. The quantitative estimate of drug-likeness (QED) is 0.666. The van der Waals surface area contributed by atoms with Crippen LogP contribution in [-0.2, 0) is 6.54 Å². The fourth-order valence-corrected chi connectivity index (χ4v) is 3.22. The summed E-state index contributed by atoms with van der Waals surface area (Å²) in [5.41, 5.74) is 3.79. The summed E-state index contributed by atoms with van der Waals surface area (Å²) in [6.07, 6.45) is 0. The van der Waals surface area contributed by atoms with Gasteiger partial charge < -0.3 is 15.0 Å². The van der Waals surface area contributed by atoms with Crippen LogP contribution in [0.2, 0.25) is 5.02 Å². The second kappa shape index (κ2) is 6.21. The average Bonchev–Trinajstić information content (AvgIpc) is 2.82. The Balaban J connectivity index is 2.09. The van der Waals surface area contributed by atoms with E-state index in [-0.39, 0.29) is 11.7 Å². The third-order valence-corrected chi connectivity index (χ3v) is 4.45. The zero-order valence-corrected chi connectivity index (χ0v) is 14.6. The molecule has 2 aromatic carbocycles. The fourth-order valence-electron chi connectivity index (χ4n) is 3.05. The van der Waals surface area contributed by atoms with Gasteiger partial charge in [-0.05, 0) is 62.2 Å². The van der Waals surface area contributed by atoms with Crippen LogP contribution in [-0.4, -0.2) is 15.6 Å². The molecule has 1 aromatic heterocycles. The number of fused-ring (bicyclic) bond motifs is 1. The standard InChI is InChI=1S/C19H19ClN2O2/c1-4-22-16-7-6-13(20)10-14(16)12(3)18(22)19(24)21-15-9-11(2)5-8-17(15)23/h5-10,23H,4H2,1-3H3,(H,21,24). The van der Waals surface area contributed by atoms with Crippen molar-refractivity contribution in [2.45, 2.75) is 27.3 Å². The fraction of sp³-hybridized carbons (Fsp3) is 0.211. The molecule has 0 bridgehead atoms. The minimum absolute atomic E-state index is 0.0498. The number of halogens is 1. The summed E-state index contributed by atoms with van der Waals surface area (Å²) in [7, 11) is 0. The third-order valence-electron chi connectivity index (χ3n) is 4.21. The van der Waals surface area contributed by atoms with Crippen molar-refractivity contribution >= 4 is 34.1 Å². The SMILES string of the molecule is CCn1c(C(=O)Nc2cc(C)ccc2O)c(C)c2cc(Cl)ccc21. The van der Waals surface area contributed by atoms with E-state index >= 15 is 0 Å². The lowest BCUT2D eigenvalue weighted by molar-refractivity contribution is 0.101. The van der Waals surface area contributed by atoms with E-state index in [4.69, 9.17) is 11.6 Å². The highest BCUT2D eigenvalue weighted by Gasteiger charge is 2.20. The monoisotopic (exact) mass is 342 g/mol. The van der Waals surface area contributed by atoms with Crippen LogP contribution in [0.3, 0.4) is 0 Å². The molecule has 0 saturated heterocycles. The molecule has 24 heavy (non-hydrogen) atoms. The molecular formula is C19H19ClN2O2. The summed E-state index contributed by atoms with van der Waals surface area (Å²) < 4.78 is 1.96. The van der Waals surface area contributed by atoms with Gasteiger partial charge in [0.1, 0.15) is 11.4 Å². The Hall–Kier alpha value is -2.46. The number of carbonyl (C=O) groups is 1. The Labute approximate surface area is 145 Å². The molecule has 0 unspecified atom stereocenters. The molecule has 0 radical (unpaired) electrons. The second-order valence-electron chi connectivity index (χ2n) is 5.85. The predicted octanol–water partition coefficient (Wildman–Crippen LogP) is 4.89. The number of phenolic OH excluding ortho intramolecular Hbond substituents is 1. The molecule has 1 heterocycles.